The van der Waals surface area contributed by atoms with E-state index < -0.39 is 18.7 Å². The van der Waals surface area contributed by atoms with E-state index >= 15 is 0 Å². The molecule has 14 heavy (non-hydrogen) atoms. The Hall–Kier alpha value is -1.10. The van der Waals surface area contributed by atoms with E-state index in [0.29, 0.717) is 0 Å². The van der Waals surface area contributed by atoms with Gasteiger partial charge in [-0.05, 0) is 24.6 Å². The molecule has 0 bridgehead atoms. The molecule has 1 aromatic heterocycles. The molecule has 0 aromatic carbocycles. The number of aliphatic hydroxyl groups excluding tert-OH is 1. The first kappa shape index (κ1) is 11.0. The maximum Gasteiger partial charge on any atom is 0.414 e. The van der Waals surface area contributed by atoms with Crippen molar-refractivity contribution >= 4 is 0 Å². The highest BCUT2D eigenvalue weighted by Crippen LogP contribution is 2.22. The highest BCUT2D eigenvalue weighted by atomic mass is 19.4. The van der Waals surface area contributed by atoms with Gasteiger partial charge in [0.15, 0.2) is 6.10 Å². The Morgan fingerprint density at radius 3 is 2.64 bits per heavy atom. The Balaban J connectivity index is 2.70. The van der Waals surface area contributed by atoms with E-state index in [9.17, 15) is 13.2 Å². The topological polar surface area (TPSA) is 33.1 Å². The molecule has 5 heteroatoms. The van der Waals surface area contributed by atoms with Gasteiger partial charge in [-0.2, -0.15) is 13.2 Å². The van der Waals surface area contributed by atoms with Crippen LogP contribution in [0.5, 0.6) is 0 Å². The normalized spacial score (nSPS) is 14.1. The number of aromatic nitrogens is 1. The predicted molar refractivity (Wildman–Crippen MR) is 44.7 cm³/mol. The second-order valence-corrected chi connectivity index (χ2v) is 3.09. The molecule has 1 atom stereocenters. The number of aliphatic hydroxyl groups is 1. The minimum atomic E-state index is -4.58. The van der Waals surface area contributed by atoms with Gasteiger partial charge >= 0.3 is 6.18 Å². The van der Waals surface area contributed by atoms with Crippen molar-refractivity contribution in [2.75, 3.05) is 0 Å². The molecule has 0 saturated heterocycles. The fourth-order valence-corrected chi connectivity index (χ4v) is 1.02. The summed E-state index contributed by atoms with van der Waals surface area (Å²) in [6.45, 7) is 1.76. The Bertz CT molecular complexity index is 311. The van der Waals surface area contributed by atoms with E-state index in [-0.39, 0.29) is 5.69 Å². The van der Waals surface area contributed by atoms with Gasteiger partial charge in [0.05, 0.1) is 0 Å². The first-order chi connectivity index (χ1) is 6.39. The number of alkyl halides is 3. The van der Waals surface area contributed by atoms with Crippen LogP contribution in [0.2, 0.25) is 0 Å². The lowest BCUT2D eigenvalue weighted by Crippen LogP contribution is -2.30. The van der Waals surface area contributed by atoms with Gasteiger partial charge in [0.25, 0.3) is 0 Å². The van der Waals surface area contributed by atoms with Crippen molar-refractivity contribution in [1.29, 1.82) is 0 Å². The van der Waals surface area contributed by atoms with Crippen LogP contribution in [0.4, 0.5) is 13.2 Å². The summed E-state index contributed by atoms with van der Waals surface area (Å²) >= 11 is 0. The third-order valence-corrected chi connectivity index (χ3v) is 1.75. The highest BCUT2D eigenvalue weighted by Gasteiger charge is 2.38. The molecule has 0 aliphatic carbocycles. The van der Waals surface area contributed by atoms with Crippen LogP contribution in [0.15, 0.2) is 18.3 Å². The van der Waals surface area contributed by atoms with Crippen LogP contribution in [0.3, 0.4) is 0 Å². The molecule has 0 saturated carbocycles. The Morgan fingerprint density at radius 1 is 1.50 bits per heavy atom. The van der Waals surface area contributed by atoms with Crippen LogP contribution in [0.1, 0.15) is 11.3 Å². The molecule has 1 aromatic rings. The van der Waals surface area contributed by atoms with Crippen molar-refractivity contribution in [3.63, 3.8) is 0 Å². The third kappa shape index (κ3) is 2.99. The fraction of sp³-hybridized carbons (Fsp3) is 0.444. The summed E-state index contributed by atoms with van der Waals surface area (Å²) in [5, 5.41) is 8.77. The maximum atomic E-state index is 12.0. The molecule has 1 heterocycles. The quantitative estimate of drug-likeness (QED) is 0.799. The van der Waals surface area contributed by atoms with Gasteiger partial charge in [-0.25, -0.2) is 0 Å². The average Bonchev–Trinajstić information content (AvgIpc) is 2.02. The molecule has 2 nitrogen and oxygen atoms in total. The maximum absolute atomic E-state index is 12.0. The second kappa shape index (κ2) is 3.96. The largest absolute Gasteiger partial charge is 0.414 e. The zero-order chi connectivity index (χ0) is 10.8. The van der Waals surface area contributed by atoms with Gasteiger partial charge in [-0.15, -0.1) is 0 Å². The number of nitrogens with zero attached hydrogens (tertiary/aromatic N) is 1. The number of hydrogen-bond acceptors (Lipinski definition) is 2. The molecule has 0 aliphatic rings. The van der Waals surface area contributed by atoms with Crippen molar-refractivity contribution in [2.45, 2.75) is 25.6 Å². The highest BCUT2D eigenvalue weighted by molar-refractivity contribution is 5.15. The SMILES string of the molecule is Cc1ccnc(CC(O)C(F)(F)F)c1. The summed E-state index contributed by atoms with van der Waals surface area (Å²) < 4.78 is 35.9. The van der Waals surface area contributed by atoms with Gasteiger partial charge in [0.2, 0.25) is 0 Å². The number of hydrogen-bond donors (Lipinski definition) is 1. The van der Waals surface area contributed by atoms with Crippen molar-refractivity contribution in [3.05, 3.63) is 29.6 Å². The number of halogens is 3. The minimum absolute atomic E-state index is 0.245. The summed E-state index contributed by atoms with van der Waals surface area (Å²) in [6.07, 6.45) is -5.98. The van der Waals surface area contributed by atoms with Crippen molar-refractivity contribution in [2.24, 2.45) is 0 Å². The third-order valence-electron chi connectivity index (χ3n) is 1.75. The number of rotatable bonds is 2. The summed E-state index contributed by atoms with van der Waals surface area (Å²) in [5.41, 5.74) is 1.07. The summed E-state index contributed by atoms with van der Waals surface area (Å²) in [6, 6.07) is 3.21. The van der Waals surface area contributed by atoms with E-state index in [1.54, 1.807) is 13.0 Å². The monoisotopic (exact) mass is 205 g/mol. The van der Waals surface area contributed by atoms with Crippen molar-refractivity contribution < 1.29 is 18.3 Å². The molecule has 0 spiro atoms. The first-order valence-electron chi connectivity index (χ1n) is 4.06. The van der Waals surface area contributed by atoms with Crippen molar-refractivity contribution in [3.8, 4) is 0 Å². The van der Waals surface area contributed by atoms with Crippen LogP contribution in [0.25, 0.3) is 0 Å². The van der Waals surface area contributed by atoms with Crippen LogP contribution >= 0.6 is 0 Å². The number of aryl methyl sites for hydroxylation is 1. The molecule has 1 N–H and O–H groups in total. The van der Waals surface area contributed by atoms with E-state index in [2.05, 4.69) is 4.98 Å². The van der Waals surface area contributed by atoms with Gasteiger partial charge in [-0.1, -0.05) is 0 Å². The lowest BCUT2D eigenvalue weighted by atomic mass is 10.1. The lowest BCUT2D eigenvalue weighted by Gasteiger charge is -2.13. The minimum Gasteiger partial charge on any atom is -0.383 e. The summed E-state index contributed by atoms with van der Waals surface area (Å²) in [7, 11) is 0. The Labute approximate surface area is 79.4 Å². The van der Waals surface area contributed by atoms with Crippen LogP contribution in [-0.4, -0.2) is 22.4 Å². The lowest BCUT2D eigenvalue weighted by molar-refractivity contribution is -0.203. The first-order valence-corrected chi connectivity index (χ1v) is 4.06. The zero-order valence-electron chi connectivity index (χ0n) is 7.54. The summed E-state index contributed by atoms with van der Waals surface area (Å²) in [5.74, 6) is 0. The zero-order valence-corrected chi connectivity index (χ0v) is 7.54. The molecule has 0 fully saturated rings. The van der Waals surface area contributed by atoms with E-state index in [1.165, 1.54) is 12.3 Å². The second-order valence-electron chi connectivity index (χ2n) is 3.09. The van der Waals surface area contributed by atoms with E-state index in [1.807, 2.05) is 0 Å². The van der Waals surface area contributed by atoms with Crippen LogP contribution in [-0.2, 0) is 6.42 Å². The fourth-order valence-electron chi connectivity index (χ4n) is 1.02. The van der Waals surface area contributed by atoms with Gasteiger partial charge in [-0.3, -0.25) is 4.98 Å². The van der Waals surface area contributed by atoms with Crippen LogP contribution < -0.4 is 0 Å². The number of pyridine rings is 1. The van der Waals surface area contributed by atoms with Crippen LogP contribution in [0, 0.1) is 6.92 Å². The molecule has 78 valence electrons. The molecule has 1 unspecified atom stereocenters. The van der Waals surface area contributed by atoms with Gasteiger partial charge < -0.3 is 5.11 Å². The molecule has 0 radical (unpaired) electrons. The van der Waals surface area contributed by atoms with E-state index in [4.69, 9.17) is 5.11 Å². The predicted octanol–water partition coefficient (Wildman–Crippen LogP) is 1.86. The smallest absolute Gasteiger partial charge is 0.383 e. The van der Waals surface area contributed by atoms with Gasteiger partial charge in [0.1, 0.15) is 0 Å². The summed E-state index contributed by atoms with van der Waals surface area (Å²) in [4.78, 5) is 3.73. The molecule has 1 rings (SSSR count). The van der Waals surface area contributed by atoms with Crippen molar-refractivity contribution in [1.82, 2.24) is 4.98 Å². The Morgan fingerprint density at radius 2 is 2.14 bits per heavy atom. The standard InChI is InChI=1S/C9H10F3NO/c1-6-2-3-13-7(4-6)5-8(14)9(10,11)12/h2-4,8,14H,5H2,1H3. The van der Waals surface area contributed by atoms with Gasteiger partial charge in [0, 0.05) is 18.3 Å². The molecular formula is C9H10F3NO. The molecular weight excluding hydrogens is 195 g/mol. The molecule has 0 aliphatic heterocycles. The van der Waals surface area contributed by atoms with E-state index in [0.717, 1.165) is 5.56 Å². The average molecular weight is 205 g/mol. The molecule has 0 amide bonds. The Kier molecular flexibility index (Phi) is 3.10.